The lowest BCUT2D eigenvalue weighted by Gasteiger charge is -2.19. The van der Waals surface area contributed by atoms with E-state index in [1.165, 1.54) is 25.7 Å². The number of nitrogen functional groups attached to an aromatic ring is 1. The standard InChI is InChI=1S/C34H44N2O3/c1-2-3-4-5-6-7-11-14-33(38)32(24-18-26-12-9-8-10-13-26)36-34(39)29-20-23-31(35)28(25-29)19-15-27-16-21-30(37)22-17-27/h8-10,12-13,16-17,20-23,25,32,37H,2-7,11,14-15,18-19,24,35H2,1H3,(H,36,39)/t32-/m0/s1. The van der Waals surface area contributed by atoms with Crippen LogP contribution in [-0.4, -0.2) is 22.8 Å². The van der Waals surface area contributed by atoms with Crippen molar-refractivity contribution in [3.05, 3.63) is 95.1 Å². The van der Waals surface area contributed by atoms with Crippen LogP contribution in [0.15, 0.2) is 72.8 Å². The zero-order valence-electron chi connectivity index (χ0n) is 23.3. The maximum atomic E-state index is 13.3. The molecule has 3 aromatic carbocycles. The number of unbranched alkanes of at least 4 members (excludes halogenated alkanes) is 6. The van der Waals surface area contributed by atoms with E-state index in [9.17, 15) is 14.7 Å². The van der Waals surface area contributed by atoms with Gasteiger partial charge in [0.05, 0.1) is 6.04 Å². The average molecular weight is 529 g/mol. The monoisotopic (exact) mass is 528 g/mol. The van der Waals surface area contributed by atoms with Gasteiger partial charge in [-0.05, 0) is 79.1 Å². The molecule has 0 aliphatic heterocycles. The first kappa shape index (κ1) is 29.9. The smallest absolute Gasteiger partial charge is 0.251 e. The molecule has 5 nitrogen and oxygen atoms in total. The van der Waals surface area contributed by atoms with E-state index >= 15 is 0 Å². The van der Waals surface area contributed by atoms with Gasteiger partial charge in [-0.1, -0.05) is 87.9 Å². The minimum absolute atomic E-state index is 0.107. The highest BCUT2D eigenvalue weighted by Crippen LogP contribution is 2.19. The topological polar surface area (TPSA) is 92.4 Å². The van der Waals surface area contributed by atoms with Crippen molar-refractivity contribution in [3.63, 3.8) is 0 Å². The van der Waals surface area contributed by atoms with Crippen LogP contribution in [0.5, 0.6) is 5.75 Å². The second-order valence-corrected chi connectivity index (χ2v) is 10.5. The first-order chi connectivity index (χ1) is 19.0. The lowest BCUT2D eigenvalue weighted by Crippen LogP contribution is -2.41. The van der Waals surface area contributed by atoms with Crippen molar-refractivity contribution in [2.45, 2.75) is 90.0 Å². The van der Waals surface area contributed by atoms with E-state index in [4.69, 9.17) is 5.73 Å². The molecule has 0 aliphatic carbocycles. The molecule has 0 radical (unpaired) electrons. The third-order valence-corrected chi connectivity index (χ3v) is 7.31. The molecule has 208 valence electrons. The van der Waals surface area contributed by atoms with Gasteiger partial charge in [0.15, 0.2) is 5.78 Å². The van der Waals surface area contributed by atoms with Gasteiger partial charge >= 0.3 is 0 Å². The molecule has 39 heavy (non-hydrogen) atoms. The number of ketones is 1. The minimum atomic E-state index is -0.518. The molecule has 5 heteroatoms. The molecule has 1 atom stereocenters. The van der Waals surface area contributed by atoms with Gasteiger partial charge in [-0.2, -0.15) is 0 Å². The summed E-state index contributed by atoms with van der Waals surface area (Å²) in [6.07, 6.45) is 11.3. The Morgan fingerprint density at radius 3 is 2.18 bits per heavy atom. The highest BCUT2D eigenvalue weighted by atomic mass is 16.3. The zero-order chi connectivity index (χ0) is 27.9. The predicted molar refractivity (Wildman–Crippen MR) is 160 cm³/mol. The van der Waals surface area contributed by atoms with Gasteiger partial charge in [-0.3, -0.25) is 9.59 Å². The Labute approximate surface area is 233 Å². The fraction of sp³-hybridized carbons (Fsp3) is 0.412. The van der Waals surface area contributed by atoms with Crippen LogP contribution in [0.1, 0.15) is 91.8 Å². The van der Waals surface area contributed by atoms with E-state index in [-0.39, 0.29) is 17.4 Å². The molecule has 3 aromatic rings. The third-order valence-electron chi connectivity index (χ3n) is 7.31. The van der Waals surface area contributed by atoms with Crippen molar-refractivity contribution in [2.75, 3.05) is 5.73 Å². The largest absolute Gasteiger partial charge is 0.508 e. The number of aromatic hydroxyl groups is 1. The van der Waals surface area contributed by atoms with E-state index in [0.717, 1.165) is 48.8 Å². The highest BCUT2D eigenvalue weighted by Gasteiger charge is 2.21. The lowest BCUT2D eigenvalue weighted by molar-refractivity contribution is -0.121. The number of nitrogens with one attached hydrogen (secondary N) is 1. The number of rotatable bonds is 17. The molecular formula is C34H44N2O3. The number of carbonyl (C=O) groups is 2. The molecule has 1 amide bonds. The number of Topliss-reactive ketones (excluding diaryl/α,β-unsaturated/α-hetero) is 1. The van der Waals surface area contributed by atoms with E-state index in [1.807, 2.05) is 36.4 Å². The summed E-state index contributed by atoms with van der Waals surface area (Å²) in [6, 6.07) is 22.0. The molecule has 0 saturated heterocycles. The molecule has 0 heterocycles. The Hall–Kier alpha value is -3.60. The molecule has 0 aliphatic rings. The normalized spacial score (nSPS) is 11.7. The Morgan fingerprint density at radius 1 is 0.795 bits per heavy atom. The van der Waals surface area contributed by atoms with Gasteiger partial charge in [0.2, 0.25) is 0 Å². The second kappa shape index (κ2) is 16.4. The van der Waals surface area contributed by atoms with Gasteiger partial charge < -0.3 is 16.2 Å². The first-order valence-corrected chi connectivity index (χ1v) is 14.5. The number of benzene rings is 3. The van der Waals surface area contributed by atoms with Gasteiger partial charge in [0.25, 0.3) is 5.91 Å². The molecule has 0 fully saturated rings. The van der Waals surface area contributed by atoms with Gasteiger partial charge in [-0.15, -0.1) is 0 Å². The van der Waals surface area contributed by atoms with Crippen molar-refractivity contribution in [1.82, 2.24) is 5.32 Å². The summed E-state index contributed by atoms with van der Waals surface area (Å²) in [5.41, 5.74) is 10.5. The van der Waals surface area contributed by atoms with Crippen LogP contribution in [0.25, 0.3) is 0 Å². The average Bonchev–Trinajstić information content (AvgIpc) is 2.95. The van der Waals surface area contributed by atoms with Gasteiger partial charge in [0.1, 0.15) is 5.75 Å². The van der Waals surface area contributed by atoms with Crippen LogP contribution in [-0.2, 0) is 24.1 Å². The summed E-state index contributed by atoms with van der Waals surface area (Å²) < 4.78 is 0. The number of aryl methyl sites for hydroxylation is 3. The van der Waals surface area contributed by atoms with Crippen LogP contribution in [0.3, 0.4) is 0 Å². The minimum Gasteiger partial charge on any atom is -0.508 e. The maximum absolute atomic E-state index is 13.3. The molecule has 0 bridgehead atoms. The van der Waals surface area contributed by atoms with Crippen molar-refractivity contribution in [1.29, 1.82) is 0 Å². The van der Waals surface area contributed by atoms with Crippen molar-refractivity contribution in [3.8, 4) is 5.75 Å². The Balaban J connectivity index is 1.61. The van der Waals surface area contributed by atoms with E-state index in [1.54, 1.807) is 24.3 Å². The number of hydrogen-bond donors (Lipinski definition) is 3. The number of phenolic OH excluding ortho intramolecular Hbond substituents is 1. The summed E-state index contributed by atoms with van der Waals surface area (Å²) >= 11 is 0. The quantitative estimate of drug-likeness (QED) is 0.128. The van der Waals surface area contributed by atoms with Crippen LogP contribution >= 0.6 is 0 Å². The number of anilines is 1. The van der Waals surface area contributed by atoms with Crippen LogP contribution in [0, 0.1) is 0 Å². The molecule has 0 aromatic heterocycles. The predicted octanol–water partition coefficient (Wildman–Crippen LogP) is 7.20. The van der Waals surface area contributed by atoms with Crippen LogP contribution in [0.2, 0.25) is 0 Å². The maximum Gasteiger partial charge on any atom is 0.251 e. The Morgan fingerprint density at radius 2 is 1.46 bits per heavy atom. The molecule has 4 N–H and O–H groups in total. The molecule has 3 rings (SSSR count). The number of carbonyl (C=O) groups excluding carboxylic acids is 2. The summed E-state index contributed by atoms with van der Waals surface area (Å²) in [5, 5.41) is 12.6. The van der Waals surface area contributed by atoms with Crippen LogP contribution < -0.4 is 11.1 Å². The zero-order valence-corrected chi connectivity index (χ0v) is 23.3. The van der Waals surface area contributed by atoms with Crippen molar-refractivity contribution in [2.24, 2.45) is 0 Å². The lowest BCUT2D eigenvalue weighted by atomic mass is 9.97. The Bertz CT molecular complexity index is 1160. The van der Waals surface area contributed by atoms with E-state index in [2.05, 4.69) is 24.4 Å². The van der Waals surface area contributed by atoms with Gasteiger partial charge in [-0.25, -0.2) is 0 Å². The summed E-state index contributed by atoms with van der Waals surface area (Å²) in [6.45, 7) is 2.21. The Kier molecular flexibility index (Phi) is 12.6. The number of nitrogens with two attached hydrogens (primary N) is 1. The van der Waals surface area contributed by atoms with Crippen molar-refractivity contribution < 1.29 is 14.7 Å². The first-order valence-electron chi connectivity index (χ1n) is 14.5. The highest BCUT2D eigenvalue weighted by molar-refractivity contribution is 5.98. The van der Waals surface area contributed by atoms with E-state index < -0.39 is 6.04 Å². The molecule has 0 unspecified atom stereocenters. The van der Waals surface area contributed by atoms with Crippen molar-refractivity contribution >= 4 is 17.4 Å². The fourth-order valence-electron chi connectivity index (χ4n) is 4.85. The van der Waals surface area contributed by atoms with Gasteiger partial charge in [0, 0.05) is 17.7 Å². The number of phenols is 1. The summed E-state index contributed by atoms with van der Waals surface area (Å²) in [4.78, 5) is 26.5. The molecule has 0 saturated carbocycles. The van der Waals surface area contributed by atoms with E-state index in [0.29, 0.717) is 30.5 Å². The number of amides is 1. The SMILES string of the molecule is CCCCCCCCCC(=O)[C@H](CCc1ccccc1)NC(=O)c1ccc(N)c(CCc2ccc(O)cc2)c1. The number of hydrogen-bond acceptors (Lipinski definition) is 4. The third kappa shape index (κ3) is 10.6. The summed E-state index contributed by atoms with van der Waals surface area (Å²) in [5.74, 6) is 0.1000. The van der Waals surface area contributed by atoms with Crippen LogP contribution in [0.4, 0.5) is 5.69 Å². The molecular weight excluding hydrogens is 484 g/mol. The summed E-state index contributed by atoms with van der Waals surface area (Å²) in [7, 11) is 0. The second-order valence-electron chi connectivity index (χ2n) is 10.5. The fourth-order valence-corrected chi connectivity index (χ4v) is 4.85. The molecule has 0 spiro atoms.